The Morgan fingerprint density at radius 3 is 2.70 bits per heavy atom. The average Bonchev–Trinajstić information content (AvgIpc) is 2.86. The van der Waals surface area contributed by atoms with Crippen LogP contribution in [0.15, 0.2) is 42.7 Å². The van der Waals surface area contributed by atoms with Crippen molar-refractivity contribution in [2.24, 2.45) is 0 Å². The van der Waals surface area contributed by atoms with E-state index in [2.05, 4.69) is 25.5 Å². The van der Waals surface area contributed by atoms with Crippen LogP contribution < -0.4 is 10.2 Å². The first-order valence-electron chi connectivity index (χ1n) is 11.1. The van der Waals surface area contributed by atoms with Gasteiger partial charge in [-0.1, -0.05) is 12.5 Å². The minimum absolute atomic E-state index is 0.0315. The fourth-order valence-electron chi connectivity index (χ4n) is 4.82. The third-order valence-electron chi connectivity index (χ3n) is 6.64. The molecule has 168 valence electrons. The lowest BCUT2D eigenvalue weighted by molar-refractivity contribution is 0.107. The van der Waals surface area contributed by atoms with E-state index in [1.807, 2.05) is 24.1 Å². The summed E-state index contributed by atoms with van der Waals surface area (Å²) in [6, 6.07) is 10.7. The van der Waals surface area contributed by atoms with Crippen molar-refractivity contribution in [1.29, 1.82) is 5.26 Å². The summed E-state index contributed by atoms with van der Waals surface area (Å²) in [6.07, 6.45) is 5.71. The van der Waals surface area contributed by atoms with Gasteiger partial charge in [0.1, 0.15) is 18.0 Å². The Labute approximate surface area is 191 Å². The normalized spacial score (nSPS) is 24.2. The molecule has 2 saturated heterocycles. The van der Waals surface area contributed by atoms with Gasteiger partial charge in [0.2, 0.25) is 0 Å². The number of halogens is 1. The molecule has 2 fully saturated rings. The van der Waals surface area contributed by atoms with Crippen LogP contribution in [0.25, 0.3) is 22.5 Å². The molecule has 4 heterocycles. The van der Waals surface area contributed by atoms with Crippen LogP contribution in [0, 0.1) is 11.3 Å². The van der Waals surface area contributed by atoms with Crippen molar-refractivity contribution >= 4 is 5.82 Å². The molecule has 0 unspecified atom stereocenters. The van der Waals surface area contributed by atoms with Gasteiger partial charge in [0.25, 0.3) is 0 Å². The van der Waals surface area contributed by atoms with E-state index in [0.29, 0.717) is 34.4 Å². The largest absolute Gasteiger partial charge is 0.507 e. The van der Waals surface area contributed by atoms with Crippen LogP contribution in [0.2, 0.25) is 0 Å². The van der Waals surface area contributed by atoms with Crippen molar-refractivity contribution in [3.05, 3.63) is 48.4 Å². The van der Waals surface area contributed by atoms with Gasteiger partial charge in [-0.2, -0.15) is 5.26 Å². The van der Waals surface area contributed by atoms with Crippen molar-refractivity contribution in [2.45, 2.75) is 50.0 Å². The molecule has 0 amide bonds. The Balaban J connectivity index is 1.34. The molecule has 2 bridgehead atoms. The lowest BCUT2D eigenvalue weighted by Gasteiger charge is -2.46. The number of piperidine rings is 2. The summed E-state index contributed by atoms with van der Waals surface area (Å²) >= 11 is 0. The lowest BCUT2D eigenvalue weighted by atomic mass is 9.82. The van der Waals surface area contributed by atoms with Crippen molar-refractivity contribution in [3.8, 4) is 34.3 Å². The number of nitrogens with zero attached hydrogens (tertiary/aromatic N) is 6. The van der Waals surface area contributed by atoms with Gasteiger partial charge in [0, 0.05) is 30.3 Å². The number of phenolic OH excluding ortho intramolecular Hbond substituents is 1. The predicted molar refractivity (Wildman–Crippen MR) is 121 cm³/mol. The molecule has 2 N–H and O–H groups in total. The summed E-state index contributed by atoms with van der Waals surface area (Å²) in [5.74, 6) is 0.638. The highest BCUT2D eigenvalue weighted by Gasteiger charge is 2.41. The van der Waals surface area contributed by atoms with Gasteiger partial charge in [0.15, 0.2) is 11.5 Å². The van der Waals surface area contributed by atoms with Gasteiger partial charge < -0.3 is 15.3 Å². The second-order valence-corrected chi connectivity index (χ2v) is 8.67. The number of rotatable bonds is 4. The predicted octanol–water partition coefficient (Wildman–Crippen LogP) is 3.24. The van der Waals surface area contributed by atoms with Crippen LogP contribution in [0.3, 0.4) is 0 Å². The van der Waals surface area contributed by atoms with Gasteiger partial charge >= 0.3 is 0 Å². The molecule has 9 heteroatoms. The van der Waals surface area contributed by atoms with Gasteiger partial charge in [0.05, 0.1) is 29.8 Å². The number of hydrogen-bond donors (Lipinski definition) is 2. The maximum absolute atomic E-state index is 15.1. The highest BCUT2D eigenvalue weighted by Crippen LogP contribution is 2.34. The summed E-state index contributed by atoms with van der Waals surface area (Å²) in [4.78, 5) is 10.1. The molecule has 2 aromatic heterocycles. The Bertz CT molecular complexity index is 1180. The topological polar surface area (TPSA) is 111 Å². The Kier molecular flexibility index (Phi) is 5.60. The van der Waals surface area contributed by atoms with E-state index in [4.69, 9.17) is 5.26 Å². The Morgan fingerprint density at radius 2 is 2.00 bits per heavy atom. The van der Waals surface area contributed by atoms with Crippen LogP contribution >= 0.6 is 0 Å². The first-order chi connectivity index (χ1) is 16.0. The molecule has 33 heavy (non-hydrogen) atoms. The number of nitriles is 1. The standard InChI is InChI=1S/C24H24FN7O/c1-32(21-10-15-3-2-4-19(29-15)24(21)25)23-8-7-18(30-31-23)17-6-5-14(9-22(17)33)20-13-27-16(11-26)12-28-20/h5-9,12-13,15,19,21,24,29,33H,2-4,10H2,1H3/t15-,19+,21-,24+/m1/s1. The molecule has 3 aromatic rings. The number of hydrogen-bond acceptors (Lipinski definition) is 8. The number of benzene rings is 1. The quantitative estimate of drug-likeness (QED) is 0.630. The van der Waals surface area contributed by atoms with Crippen LogP contribution in [-0.2, 0) is 0 Å². The monoisotopic (exact) mass is 445 g/mol. The SMILES string of the molecule is CN(c1ccc(-c2ccc(-c3cnc(C#N)cn3)cc2O)nn1)[C@@H]1C[C@H]2CCC[C@H](N2)[C@@H]1F. The molecule has 0 saturated carbocycles. The fourth-order valence-corrected chi connectivity index (χ4v) is 4.82. The van der Waals surface area contributed by atoms with Crippen LogP contribution in [0.1, 0.15) is 31.4 Å². The van der Waals surface area contributed by atoms with Crippen molar-refractivity contribution in [1.82, 2.24) is 25.5 Å². The lowest BCUT2D eigenvalue weighted by Crippen LogP contribution is -2.61. The highest BCUT2D eigenvalue weighted by molar-refractivity contribution is 5.73. The number of anilines is 1. The molecular weight excluding hydrogens is 421 g/mol. The van der Waals surface area contributed by atoms with Crippen molar-refractivity contribution in [3.63, 3.8) is 0 Å². The number of alkyl halides is 1. The third kappa shape index (κ3) is 4.10. The second kappa shape index (κ2) is 8.71. The van der Waals surface area contributed by atoms with Crippen molar-refractivity contribution in [2.75, 3.05) is 11.9 Å². The van der Waals surface area contributed by atoms with Crippen molar-refractivity contribution < 1.29 is 9.50 Å². The Hall–Kier alpha value is -3.64. The molecule has 2 aliphatic heterocycles. The molecule has 1 aromatic carbocycles. The minimum atomic E-state index is -0.949. The first kappa shape index (κ1) is 21.2. The van der Waals surface area contributed by atoms with E-state index in [1.54, 1.807) is 24.3 Å². The van der Waals surface area contributed by atoms with E-state index < -0.39 is 6.17 Å². The zero-order valence-corrected chi connectivity index (χ0v) is 18.2. The number of phenols is 1. The summed E-state index contributed by atoms with van der Waals surface area (Å²) in [5.41, 5.74) is 2.49. The zero-order chi connectivity index (χ0) is 22.9. The molecule has 0 radical (unpaired) electrons. The van der Waals surface area contributed by atoms with Gasteiger partial charge in [-0.3, -0.25) is 4.98 Å². The summed E-state index contributed by atoms with van der Waals surface area (Å²) < 4.78 is 15.1. The van der Waals surface area contributed by atoms with E-state index in [0.717, 1.165) is 25.7 Å². The second-order valence-electron chi connectivity index (χ2n) is 8.67. The van der Waals surface area contributed by atoms with Crippen LogP contribution in [0.5, 0.6) is 5.75 Å². The smallest absolute Gasteiger partial charge is 0.158 e. The molecule has 5 rings (SSSR count). The van der Waals surface area contributed by atoms with Gasteiger partial charge in [-0.05, 0) is 43.5 Å². The number of nitrogens with one attached hydrogen (secondary N) is 1. The molecule has 4 atom stereocenters. The first-order valence-corrected chi connectivity index (χ1v) is 11.1. The summed E-state index contributed by atoms with van der Waals surface area (Å²) in [6.45, 7) is 0. The number of aromatic nitrogens is 4. The average molecular weight is 446 g/mol. The molecular formula is C24H24FN7O. The number of aromatic hydroxyl groups is 1. The summed E-state index contributed by atoms with van der Waals surface area (Å²) in [7, 11) is 1.87. The van der Waals surface area contributed by atoms with E-state index >= 15 is 4.39 Å². The van der Waals surface area contributed by atoms with E-state index in [1.165, 1.54) is 12.4 Å². The fraction of sp³-hybridized carbons (Fsp3) is 0.375. The van der Waals surface area contributed by atoms with Crippen LogP contribution in [-0.4, -0.2) is 56.6 Å². The van der Waals surface area contributed by atoms with Crippen LogP contribution in [0.4, 0.5) is 10.2 Å². The third-order valence-corrected chi connectivity index (χ3v) is 6.64. The minimum Gasteiger partial charge on any atom is -0.507 e. The van der Waals surface area contributed by atoms with Gasteiger partial charge in [-0.25, -0.2) is 9.37 Å². The molecule has 0 spiro atoms. The number of fused-ring (bicyclic) bond motifs is 2. The summed E-state index contributed by atoms with van der Waals surface area (Å²) in [5, 5.41) is 31.5. The zero-order valence-electron chi connectivity index (χ0n) is 18.2. The molecule has 2 aliphatic rings. The maximum Gasteiger partial charge on any atom is 0.158 e. The van der Waals surface area contributed by atoms with E-state index in [-0.39, 0.29) is 23.5 Å². The van der Waals surface area contributed by atoms with Gasteiger partial charge in [-0.15, -0.1) is 10.2 Å². The maximum atomic E-state index is 15.1. The highest BCUT2D eigenvalue weighted by atomic mass is 19.1. The van der Waals surface area contributed by atoms with E-state index in [9.17, 15) is 5.11 Å². The molecule has 0 aliphatic carbocycles. The molecule has 8 nitrogen and oxygen atoms in total. The Morgan fingerprint density at radius 1 is 1.12 bits per heavy atom.